The first-order chi connectivity index (χ1) is 6.66. The van der Waals surface area contributed by atoms with Gasteiger partial charge < -0.3 is 0 Å². The van der Waals surface area contributed by atoms with Crippen LogP contribution in [-0.2, 0) is 6.42 Å². The summed E-state index contributed by atoms with van der Waals surface area (Å²) in [5.41, 5.74) is 4.98. The molecule has 0 nitrogen and oxygen atoms in total. The second-order valence-corrected chi connectivity index (χ2v) is 9.26. The number of allylic oxidation sites excluding steroid dienone is 1. The molecular weight excluding hydrogens is 184 g/mol. The van der Waals surface area contributed by atoms with Crippen LogP contribution in [0.1, 0.15) is 24.5 Å². The monoisotopic (exact) mass is 200 g/mol. The molecule has 1 heterocycles. The van der Waals surface area contributed by atoms with Crippen LogP contribution in [0.3, 0.4) is 0 Å². The topological polar surface area (TPSA) is 0 Å². The van der Waals surface area contributed by atoms with Crippen LogP contribution in [-0.4, -0.2) is 8.07 Å². The summed E-state index contributed by atoms with van der Waals surface area (Å²) in [7, 11) is -1.15. The van der Waals surface area contributed by atoms with Crippen molar-refractivity contribution in [2.45, 2.75) is 32.9 Å². The fourth-order valence-corrected chi connectivity index (χ4v) is 6.76. The summed E-state index contributed by atoms with van der Waals surface area (Å²) in [6.07, 6.45) is 2.49. The molecule has 1 aromatic carbocycles. The van der Waals surface area contributed by atoms with Gasteiger partial charge in [-0.05, 0) is 34.4 Å². The molecule has 0 radical (unpaired) electrons. The molecule has 0 saturated heterocycles. The highest BCUT2D eigenvalue weighted by Gasteiger charge is 2.46. The standard InChI is InChI=1S/C13H16Si/c1-4-9-8-10-6-5-7-11-12(10)13(9)14(11,2)3/h5-7H,4,8H2,1-3H3. The molecule has 0 saturated carbocycles. The zero-order valence-electron chi connectivity index (χ0n) is 9.15. The van der Waals surface area contributed by atoms with Crippen molar-refractivity contribution in [2.24, 2.45) is 0 Å². The number of hydrogen-bond acceptors (Lipinski definition) is 0. The largest absolute Gasteiger partial charge is 0.113 e. The highest BCUT2D eigenvalue weighted by atomic mass is 28.3. The van der Waals surface area contributed by atoms with Gasteiger partial charge in [0.1, 0.15) is 8.07 Å². The predicted octanol–water partition coefficient (Wildman–Crippen LogP) is 2.87. The Balaban J connectivity index is 2.31. The van der Waals surface area contributed by atoms with E-state index in [1.165, 1.54) is 12.8 Å². The van der Waals surface area contributed by atoms with Gasteiger partial charge in [0.25, 0.3) is 0 Å². The average Bonchev–Trinajstić information content (AvgIpc) is 2.55. The van der Waals surface area contributed by atoms with Gasteiger partial charge in [0, 0.05) is 0 Å². The Kier molecular flexibility index (Phi) is 1.45. The van der Waals surface area contributed by atoms with Gasteiger partial charge in [0.2, 0.25) is 0 Å². The lowest BCUT2D eigenvalue weighted by Crippen LogP contribution is -2.54. The Morgan fingerprint density at radius 1 is 1.29 bits per heavy atom. The zero-order valence-corrected chi connectivity index (χ0v) is 10.1. The highest BCUT2D eigenvalue weighted by Crippen LogP contribution is 2.46. The first-order valence-electron chi connectivity index (χ1n) is 5.51. The Morgan fingerprint density at radius 2 is 2.07 bits per heavy atom. The van der Waals surface area contributed by atoms with E-state index in [0.29, 0.717) is 0 Å². The van der Waals surface area contributed by atoms with Gasteiger partial charge in [-0.15, -0.1) is 0 Å². The zero-order chi connectivity index (χ0) is 9.92. The third-order valence-electron chi connectivity index (χ3n) is 3.88. The van der Waals surface area contributed by atoms with Crippen molar-refractivity contribution in [3.63, 3.8) is 0 Å². The number of benzene rings is 1. The molecule has 72 valence electrons. The fourth-order valence-electron chi connectivity index (χ4n) is 3.19. The normalized spacial score (nSPS) is 20.8. The van der Waals surface area contributed by atoms with Crippen molar-refractivity contribution in [3.8, 4) is 0 Å². The molecule has 0 spiro atoms. The first kappa shape index (κ1) is 8.48. The van der Waals surface area contributed by atoms with Crippen LogP contribution in [0, 0.1) is 0 Å². The van der Waals surface area contributed by atoms with Crippen LogP contribution >= 0.6 is 0 Å². The van der Waals surface area contributed by atoms with E-state index in [1.54, 1.807) is 27.1 Å². The fraction of sp³-hybridized carbons (Fsp3) is 0.385. The van der Waals surface area contributed by atoms with Crippen molar-refractivity contribution in [2.75, 3.05) is 0 Å². The second-order valence-electron chi connectivity index (χ2n) is 4.97. The van der Waals surface area contributed by atoms with E-state index >= 15 is 0 Å². The number of rotatable bonds is 1. The molecule has 0 amide bonds. The van der Waals surface area contributed by atoms with E-state index in [-0.39, 0.29) is 0 Å². The van der Waals surface area contributed by atoms with Crippen molar-refractivity contribution in [1.82, 2.24) is 0 Å². The summed E-state index contributed by atoms with van der Waals surface area (Å²) in [5, 5.41) is 3.50. The van der Waals surface area contributed by atoms with Gasteiger partial charge in [-0.1, -0.05) is 43.8 Å². The first-order valence-corrected chi connectivity index (χ1v) is 8.51. The van der Waals surface area contributed by atoms with Crippen LogP contribution in [0.5, 0.6) is 0 Å². The van der Waals surface area contributed by atoms with Gasteiger partial charge >= 0.3 is 0 Å². The van der Waals surface area contributed by atoms with Gasteiger partial charge in [-0.25, -0.2) is 0 Å². The minimum Gasteiger partial charge on any atom is -0.0658 e. The summed E-state index contributed by atoms with van der Waals surface area (Å²) < 4.78 is 0. The van der Waals surface area contributed by atoms with Crippen LogP contribution in [0.15, 0.2) is 23.8 Å². The lowest BCUT2D eigenvalue weighted by molar-refractivity contribution is 1.04. The molecule has 1 aliphatic heterocycles. The average molecular weight is 200 g/mol. The molecule has 0 unspecified atom stereocenters. The summed E-state index contributed by atoms with van der Waals surface area (Å²) >= 11 is 0. The molecule has 14 heavy (non-hydrogen) atoms. The number of hydrogen-bond donors (Lipinski definition) is 0. The SMILES string of the molecule is CCC1=C2c3c(cccc3[Si]2(C)C)C1. The van der Waals surface area contributed by atoms with Crippen molar-refractivity contribution in [1.29, 1.82) is 0 Å². The van der Waals surface area contributed by atoms with E-state index < -0.39 is 8.07 Å². The molecule has 1 heteroatoms. The molecule has 1 aromatic rings. The quantitative estimate of drug-likeness (QED) is 0.612. The molecule has 0 bridgehead atoms. The van der Waals surface area contributed by atoms with E-state index in [2.05, 4.69) is 38.2 Å². The Labute approximate surface area is 86.7 Å². The lowest BCUT2D eigenvalue weighted by atomic mass is 10.1. The maximum absolute atomic E-state index is 2.50. The van der Waals surface area contributed by atoms with Crippen molar-refractivity contribution >= 4 is 18.5 Å². The molecule has 0 aromatic heterocycles. The molecule has 1 aliphatic carbocycles. The van der Waals surface area contributed by atoms with E-state index in [9.17, 15) is 0 Å². The van der Waals surface area contributed by atoms with E-state index in [1.807, 2.05) is 0 Å². The van der Waals surface area contributed by atoms with Crippen molar-refractivity contribution in [3.05, 3.63) is 34.9 Å². The minimum absolute atomic E-state index is 1.15. The van der Waals surface area contributed by atoms with Gasteiger partial charge in [0.05, 0.1) is 0 Å². The highest BCUT2D eigenvalue weighted by molar-refractivity contribution is 7.10. The summed E-state index contributed by atoms with van der Waals surface area (Å²) in [6.45, 7) is 7.29. The summed E-state index contributed by atoms with van der Waals surface area (Å²) in [4.78, 5) is 0. The van der Waals surface area contributed by atoms with Gasteiger partial charge in [-0.3, -0.25) is 0 Å². The van der Waals surface area contributed by atoms with E-state index in [4.69, 9.17) is 0 Å². The second kappa shape index (κ2) is 2.40. The maximum atomic E-state index is 2.50. The molecule has 2 aliphatic rings. The van der Waals surface area contributed by atoms with Crippen molar-refractivity contribution < 1.29 is 0 Å². The smallest absolute Gasteiger partial charge is 0.0658 e. The van der Waals surface area contributed by atoms with Crippen LogP contribution in [0.2, 0.25) is 13.1 Å². The molecule has 0 fully saturated rings. The summed E-state index contributed by atoms with van der Waals surface area (Å²) in [6, 6.07) is 6.91. The van der Waals surface area contributed by atoms with Crippen LogP contribution < -0.4 is 5.19 Å². The van der Waals surface area contributed by atoms with Gasteiger partial charge in [-0.2, -0.15) is 0 Å². The summed E-state index contributed by atoms with van der Waals surface area (Å²) in [5.74, 6) is 0. The third kappa shape index (κ3) is 0.754. The van der Waals surface area contributed by atoms with Gasteiger partial charge in [0.15, 0.2) is 0 Å². The lowest BCUT2D eigenvalue weighted by Gasteiger charge is -2.39. The molecule has 0 atom stereocenters. The van der Waals surface area contributed by atoms with E-state index in [0.717, 1.165) is 0 Å². The third-order valence-corrected chi connectivity index (χ3v) is 7.50. The minimum atomic E-state index is -1.15. The maximum Gasteiger partial charge on any atom is 0.113 e. The van der Waals surface area contributed by atoms with Crippen LogP contribution in [0.4, 0.5) is 0 Å². The predicted molar refractivity (Wildman–Crippen MR) is 64.5 cm³/mol. The van der Waals surface area contributed by atoms with Crippen LogP contribution in [0.25, 0.3) is 5.20 Å². The molecule has 3 rings (SSSR count). The Morgan fingerprint density at radius 3 is 2.79 bits per heavy atom. The molecular formula is C13H16Si. The Bertz CT molecular complexity index is 452. The molecule has 0 N–H and O–H groups in total. The Hall–Kier alpha value is -0.823.